The number of para-hydroxylation sites is 1. The van der Waals surface area contributed by atoms with Crippen LogP contribution in [0.4, 0.5) is 11.4 Å². The normalized spacial score (nSPS) is 19.6. The van der Waals surface area contributed by atoms with Gasteiger partial charge in [0.2, 0.25) is 5.91 Å². The summed E-state index contributed by atoms with van der Waals surface area (Å²) in [7, 11) is 0. The first-order chi connectivity index (χ1) is 8.52. The standard InChI is InChI=1S/C11H12ClN3O3/c1-7-11(16)13-5-6-14(7)9-4-2-3-8(12)10(9)15(17)18/h2-4,7H,5-6H2,1H3,(H,13,16). The third kappa shape index (κ3) is 2.11. The highest BCUT2D eigenvalue weighted by atomic mass is 35.5. The Balaban J connectivity index is 2.47. The lowest BCUT2D eigenvalue weighted by Gasteiger charge is -2.34. The smallest absolute Gasteiger partial charge is 0.310 e. The third-order valence-electron chi connectivity index (χ3n) is 2.96. The van der Waals surface area contributed by atoms with E-state index in [9.17, 15) is 14.9 Å². The number of hydrogen-bond donors (Lipinski definition) is 1. The van der Waals surface area contributed by atoms with E-state index in [0.29, 0.717) is 18.8 Å². The van der Waals surface area contributed by atoms with Crippen LogP contribution in [0.25, 0.3) is 0 Å². The Morgan fingerprint density at radius 3 is 2.94 bits per heavy atom. The molecule has 0 radical (unpaired) electrons. The molecule has 1 saturated heterocycles. The summed E-state index contributed by atoms with van der Waals surface area (Å²) >= 11 is 5.86. The van der Waals surface area contributed by atoms with Crippen molar-refractivity contribution in [2.24, 2.45) is 0 Å². The molecule has 1 atom stereocenters. The largest absolute Gasteiger partial charge is 0.353 e. The van der Waals surface area contributed by atoms with Crippen LogP contribution in [0.1, 0.15) is 6.92 Å². The van der Waals surface area contributed by atoms with E-state index in [1.54, 1.807) is 24.0 Å². The van der Waals surface area contributed by atoms with Gasteiger partial charge in [0.1, 0.15) is 16.8 Å². The van der Waals surface area contributed by atoms with Crippen molar-refractivity contribution in [3.8, 4) is 0 Å². The number of benzene rings is 1. The van der Waals surface area contributed by atoms with Crippen molar-refractivity contribution >= 4 is 28.9 Å². The molecule has 1 N–H and O–H groups in total. The molecule has 0 spiro atoms. The van der Waals surface area contributed by atoms with Crippen molar-refractivity contribution in [3.05, 3.63) is 33.3 Å². The van der Waals surface area contributed by atoms with E-state index in [4.69, 9.17) is 11.6 Å². The lowest BCUT2D eigenvalue weighted by molar-refractivity contribution is -0.384. The van der Waals surface area contributed by atoms with Crippen LogP contribution in [-0.4, -0.2) is 30.0 Å². The zero-order chi connectivity index (χ0) is 13.3. The quantitative estimate of drug-likeness (QED) is 0.653. The van der Waals surface area contributed by atoms with Gasteiger partial charge in [0.25, 0.3) is 0 Å². The molecule has 0 aliphatic carbocycles. The fraction of sp³-hybridized carbons (Fsp3) is 0.364. The third-order valence-corrected chi connectivity index (χ3v) is 3.26. The van der Waals surface area contributed by atoms with Gasteiger partial charge in [0, 0.05) is 13.1 Å². The van der Waals surface area contributed by atoms with Gasteiger partial charge < -0.3 is 10.2 Å². The Morgan fingerprint density at radius 2 is 2.28 bits per heavy atom. The Kier molecular flexibility index (Phi) is 3.38. The molecular formula is C11H12ClN3O3. The fourth-order valence-corrected chi connectivity index (χ4v) is 2.27. The van der Waals surface area contributed by atoms with Crippen LogP contribution < -0.4 is 10.2 Å². The second-order valence-electron chi connectivity index (χ2n) is 4.03. The van der Waals surface area contributed by atoms with Crippen molar-refractivity contribution in [3.63, 3.8) is 0 Å². The van der Waals surface area contributed by atoms with E-state index in [2.05, 4.69) is 5.32 Å². The minimum absolute atomic E-state index is 0.0793. The topological polar surface area (TPSA) is 75.5 Å². The zero-order valence-electron chi connectivity index (χ0n) is 9.72. The molecule has 2 rings (SSSR count). The lowest BCUT2D eigenvalue weighted by atomic mass is 10.1. The van der Waals surface area contributed by atoms with Crippen LogP contribution in [0.2, 0.25) is 5.02 Å². The minimum Gasteiger partial charge on any atom is -0.353 e. The number of amides is 1. The molecule has 6 nitrogen and oxygen atoms in total. The van der Waals surface area contributed by atoms with Crippen LogP contribution in [0.15, 0.2) is 18.2 Å². The van der Waals surface area contributed by atoms with Gasteiger partial charge in [-0.15, -0.1) is 0 Å². The van der Waals surface area contributed by atoms with E-state index in [1.165, 1.54) is 6.07 Å². The molecule has 0 bridgehead atoms. The second-order valence-corrected chi connectivity index (χ2v) is 4.43. The number of nitrogens with one attached hydrogen (secondary N) is 1. The Hall–Kier alpha value is -1.82. The molecule has 1 aliphatic rings. The van der Waals surface area contributed by atoms with Gasteiger partial charge >= 0.3 is 5.69 Å². The van der Waals surface area contributed by atoms with Crippen LogP contribution in [-0.2, 0) is 4.79 Å². The number of carbonyl (C=O) groups is 1. The average molecular weight is 270 g/mol. The number of rotatable bonds is 2. The number of nitrogens with zero attached hydrogens (tertiary/aromatic N) is 2. The van der Waals surface area contributed by atoms with Gasteiger partial charge in [-0.3, -0.25) is 14.9 Å². The maximum atomic E-state index is 11.6. The minimum atomic E-state index is -0.517. The van der Waals surface area contributed by atoms with Gasteiger partial charge in [0.05, 0.1) is 4.92 Å². The van der Waals surface area contributed by atoms with Gasteiger partial charge in [0.15, 0.2) is 0 Å². The Bertz CT molecular complexity index is 506. The number of anilines is 1. The molecular weight excluding hydrogens is 258 g/mol. The first-order valence-corrected chi connectivity index (χ1v) is 5.87. The van der Waals surface area contributed by atoms with Crippen LogP contribution in [0.5, 0.6) is 0 Å². The zero-order valence-corrected chi connectivity index (χ0v) is 10.5. The van der Waals surface area contributed by atoms with E-state index in [1.807, 2.05) is 0 Å². The fourth-order valence-electron chi connectivity index (χ4n) is 2.03. The molecule has 1 aromatic carbocycles. The summed E-state index contributed by atoms with van der Waals surface area (Å²) < 4.78 is 0. The highest BCUT2D eigenvalue weighted by Gasteiger charge is 2.31. The molecule has 1 aliphatic heterocycles. The summed E-state index contributed by atoms with van der Waals surface area (Å²) in [6.07, 6.45) is 0. The lowest BCUT2D eigenvalue weighted by Crippen LogP contribution is -2.54. The molecule has 0 saturated carbocycles. The van der Waals surface area contributed by atoms with Crippen molar-refractivity contribution in [1.29, 1.82) is 0 Å². The SMILES string of the molecule is CC1C(=O)NCCN1c1cccc(Cl)c1[N+](=O)[O-]. The van der Waals surface area contributed by atoms with Crippen molar-refractivity contribution in [2.45, 2.75) is 13.0 Å². The van der Waals surface area contributed by atoms with Crippen molar-refractivity contribution in [1.82, 2.24) is 5.32 Å². The summed E-state index contributed by atoms with van der Waals surface area (Å²) in [5, 5.41) is 13.9. The Morgan fingerprint density at radius 1 is 1.56 bits per heavy atom. The summed E-state index contributed by atoms with van der Waals surface area (Å²) in [6, 6.07) is 4.27. The highest BCUT2D eigenvalue weighted by molar-refractivity contribution is 6.33. The highest BCUT2D eigenvalue weighted by Crippen LogP contribution is 2.36. The molecule has 1 fully saturated rings. The predicted octanol–water partition coefficient (Wildman–Crippen LogP) is 1.57. The summed E-state index contributed by atoms with van der Waals surface area (Å²) in [4.78, 5) is 23.8. The number of hydrogen-bond acceptors (Lipinski definition) is 4. The van der Waals surface area contributed by atoms with Crippen LogP contribution in [0.3, 0.4) is 0 Å². The maximum Gasteiger partial charge on any atom is 0.310 e. The number of halogens is 1. The molecule has 18 heavy (non-hydrogen) atoms. The van der Waals surface area contributed by atoms with Crippen molar-refractivity contribution in [2.75, 3.05) is 18.0 Å². The number of nitro groups is 1. The van der Waals surface area contributed by atoms with E-state index in [0.717, 1.165) is 0 Å². The molecule has 0 aromatic heterocycles. The number of piperazine rings is 1. The van der Waals surface area contributed by atoms with Crippen LogP contribution in [0, 0.1) is 10.1 Å². The first kappa shape index (κ1) is 12.6. The predicted molar refractivity (Wildman–Crippen MR) is 67.9 cm³/mol. The van der Waals surface area contributed by atoms with Gasteiger partial charge in [-0.1, -0.05) is 17.7 Å². The van der Waals surface area contributed by atoms with E-state index in [-0.39, 0.29) is 16.6 Å². The molecule has 1 unspecified atom stereocenters. The summed E-state index contributed by atoms with van der Waals surface area (Å²) in [6.45, 7) is 2.69. The average Bonchev–Trinajstić information content (AvgIpc) is 2.32. The molecule has 96 valence electrons. The van der Waals surface area contributed by atoms with E-state index >= 15 is 0 Å². The number of carbonyl (C=O) groups excluding carboxylic acids is 1. The summed E-state index contributed by atoms with van der Waals surface area (Å²) in [5.74, 6) is -0.143. The maximum absolute atomic E-state index is 11.6. The second kappa shape index (κ2) is 4.81. The van der Waals surface area contributed by atoms with Gasteiger partial charge in [-0.05, 0) is 19.1 Å². The molecule has 1 aromatic rings. The van der Waals surface area contributed by atoms with Gasteiger partial charge in [-0.2, -0.15) is 0 Å². The summed E-state index contributed by atoms with van der Waals surface area (Å²) in [5.41, 5.74) is 0.232. The molecule has 1 heterocycles. The van der Waals surface area contributed by atoms with E-state index < -0.39 is 11.0 Å². The van der Waals surface area contributed by atoms with Crippen LogP contribution >= 0.6 is 11.6 Å². The first-order valence-electron chi connectivity index (χ1n) is 5.49. The van der Waals surface area contributed by atoms with Crippen molar-refractivity contribution < 1.29 is 9.72 Å². The van der Waals surface area contributed by atoms with Gasteiger partial charge in [-0.25, -0.2) is 0 Å². The molecule has 7 heteroatoms. The molecule has 1 amide bonds. The monoisotopic (exact) mass is 269 g/mol. The number of nitro benzene ring substituents is 1. The Labute approximate surface area is 109 Å².